The number of carbonyl (C=O) groups is 1. The second kappa shape index (κ2) is 10.6. The molecule has 6 nitrogen and oxygen atoms in total. The maximum absolute atomic E-state index is 12.8. The fourth-order valence-electron chi connectivity index (χ4n) is 2.08. The van der Waals surface area contributed by atoms with Crippen LogP contribution in [0.5, 0.6) is 11.5 Å². The molecular formula is C18H20FN3O3S2. The van der Waals surface area contributed by atoms with Crippen LogP contribution in [0.25, 0.3) is 0 Å². The molecule has 144 valence electrons. The first-order chi connectivity index (χ1) is 13.0. The van der Waals surface area contributed by atoms with Gasteiger partial charge in [-0.15, -0.1) is 11.8 Å². The van der Waals surface area contributed by atoms with Gasteiger partial charge in [0.1, 0.15) is 5.82 Å². The standard InChI is InChI=1S/C18H20FN3O3S2/c1-24-15-8-7-14(9-16(15)25-2)20-18(26)22-21-17(23)11-27-10-12-3-5-13(19)6-4-12/h3-9H,10-11H2,1-2H3,(H,21,23)(H2,20,22,26). The molecule has 1 amide bonds. The number of anilines is 1. The van der Waals surface area contributed by atoms with Crippen molar-refractivity contribution in [3.8, 4) is 11.5 Å². The lowest BCUT2D eigenvalue weighted by Gasteiger charge is -2.13. The number of halogens is 1. The Morgan fingerprint density at radius 3 is 2.44 bits per heavy atom. The molecule has 0 unspecified atom stereocenters. The molecule has 0 spiro atoms. The van der Waals surface area contributed by atoms with E-state index in [9.17, 15) is 9.18 Å². The summed E-state index contributed by atoms with van der Waals surface area (Å²) in [6.07, 6.45) is 0. The van der Waals surface area contributed by atoms with E-state index in [1.165, 1.54) is 23.9 Å². The SMILES string of the molecule is COc1ccc(NC(=S)NNC(=O)CSCc2ccc(F)cc2)cc1OC. The molecule has 0 radical (unpaired) electrons. The van der Waals surface area contributed by atoms with E-state index < -0.39 is 0 Å². The first kappa shape index (κ1) is 20.8. The van der Waals surface area contributed by atoms with Crippen LogP contribution >= 0.6 is 24.0 Å². The summed E-state index contributed by atoms with van der Waals surface area (Å²) in [6.45, 7) is 0. The first-order valence-corrected chi connectivity index (χ1v) is 9.48. The fourth-order valence-corrected chi connectivity index (χ4v) is 3.04. The maximum atomic E-state index is 12.8. The minimum Gasteiger partial charge on any atom is -0.493 e. The molecule has 2 rings (SSSR count). The van der Waals surface area contributed by atoms with Gasteiger partial charge in [-0.3, -0.25) is 15.6 Å². The van der Waals surface area contributed by atoms with Gasteiger partial charge in [-0.2, -0.15) is 0 Å². The summed E-state index contributed by atoms with van der Waals surface area (Å²) in [6, 6.07) is 11.4. The molecule has 3 N–H and O–H groups in total. The summed E-state index contributed by atoms with van der Waals surface area (Å²) < 4.78 is 23.2. The van der Waals surface area contributed by atoms with Crippen LogP contribution in [-0.4, -0.2) is 31.0 Å². The highest BCUT2D eigenvalue weighted by atomic mass is 32.2. The van der Waals surface area contributed by atoms with E-state index in [0.717, 1.165) is 5.56 Å². The molecule has 0 aliphatic rings. The molecule has 0 saturated carbocycles. The van der Waals surface area contributed by atoms with Crippen molar-refractivity contribution >= 4 is 40.7 Å². The van der Waals surface area contributed by atoms with Crippen molar-refractivity contribution in [2.45, 2.75) is 5.75 Å². The summed E-state index contributed by atoms with van der Waals surface area (Å²) in [5.74, 6) is 1.52. The van der Waals surface area contributed by atoms with Crippen LogP contribution in [0.4, 0.5) is 10.1 Å². The smallest absolute Gasteiger partial charge is 0.248 e. The van der Waals surface area contributed by atoms with Gasteiger partial charge in [-0.25, -0.2) is 4.39 Å². The third kappa shape index (κ3) is 6.95. The molecule has 9 heteroatoms. The van der Waals surface area contributed by atoms with Gasteiger partial charge in [0.15, 0.2) is 16.6 Å². The molecule has 0 heterocycles. The van der Waals surface area contributed by atoms with Gasteiger partial charge in [0.2, 0.25) is 5.91 Å². The fraction of sp³-hybridized carbons (Fsp3) is 0.222. The molecule has 0 aromatic heterocycles. The number of carbonyl (C=O) groups excluding carboxylic acids is 1. The zero-order valence-corrected chi connectivity index (χ0v) is 16.5. The topological polar surface area (TPSA) is 71.6 Å². The summed E-state index contributed by atoms with van der Waals surface area (Å²) in [4.78, 5) is 11.8. The van der Waals surface area contributed by atoms with E-state index in [2.05, 4.69) is 16.2 Å². The van der Waals surface area contributed by atoms with Crippen molar-refractivity contribution in [1.29, 1.82) is 0 Å². The van der Waals surface area contributed by atoms with Crippen molar-refractivity contribution in [1.82, 2.24) is 10.9 Å². The minimum absolute atomic E-state index is 0.224. The monoisotopic (exact) mass is 409 g/mol. The quantitative estimate of drug-likeness (QED) is 0.479. The molecular weight excluding hydrogens is 389 g/mol. The zero-order valence-electron chi connectivity index (χ0n) is 14.9. The minimum atomic E-state index is -0.277. The van der Waals surface area contributed by atoms with E-state index in [0.29, 0.717) is 22.9 Å². The molecule has 2 aromatic rings. The average molecular weight is 410 g/mol. The van der Waals surface area contributed by atoms with Crippen molar-refractivity contribution in [3.63, 3.8) is 0 Å². The van der Waals surface area contributed by atoms with Crippen molar-refractivity contribution in [3.05, 3.63) is 53.8 Å². The summed E-state index contributed by atoms with van der Waals surface area (Å²) in [5, 5.41) is 3.17. The molecule has 27 heavy (non-hydrogen) atoms. The highest BCUT2D eigenvalue weighted by Gasteiger charge is 2.07. The molecule has 0 aliphatic carbocycles. The van der Waals surface area contributed by atoms with E-state index in [-0.39, 0.29) is 22.6 Å². The van der Waals surface area contributed by atoms with E-state index in [1.54, 1.807) is 44.6 Å². The lowest BCUT2D eigenvalue weighted by molar-refractivity contribution is -0.119. The molecule has 0 atom stereocenters. The van der Waals surface area contributed by atoms with Crippen LogP contribution in [0.2, 0.25) is 0 Å². The Morgan fingerprint density at radius 1 is 1.07 bits per heavy atom. The lowest BCUT2D eigenvalue weighted by atomic mass is 10.2. The Kier molecular flexibility index (Phi) is 8.15. The third-order valence-corrected chi connectivity index (χ3v) is 4.58. The van der Waals surface area contributed by atoms with Crippen molar-refractivity contribution < 1.29 is 18.7 Å². The number of ether oxygens (including phenoxy) is 2. The second-order valence-corrected chi connectivity index (χ2v) is 6.71. The van der Waals surface area contributed by atoms with E-state index >= 15 is 0 Å². The van der Waals surface area contributed by atoms with Gasteiger partial charge in [0.05, 0.1) is 20.0 Å². The summed E-state index contributed by atoms with van der Waals surface area (Å²) in [5.41, 5.74) is 6.80. The lowest BCUT2D eigenvalue weighted by Crippen LogP contribution is -2.44. The predicted octanol–water partition coefficient (Wildman–Crippen LogP) is 3.09. The highest BCUT2D eigenvalue weighted by Crippen LogP contribution is 2.29. The zero-order chi connectivity index (χ0) is 19.6. The number of amides is 1. The van der Waals surface area contributed by atoms with Crippen LogP contribution < -0.4 is 25.6 Å². The van der Waals surface area contributed by atoms with Gasteiger partial charge >= 0.3 is 0 Å². The second-order valence-electron chi connectivity index (χ2n) is 5.32. The summed E-state index contributed by atoms with van der Waals surface area (Å²) in [7, 11) is 3.10. The molecule has 0 fully saturated rings. The first-order valence-electron chi connectivity index (χ1n) is 7.92. The van der Waals surface area contributed by atoms with Crippen LogP contribution in [-0.2, 0) is 10.5 Å². The van der Waals surface area contributed by atoms with Gasteiger partial charge in [-0.1, -0.05) is 12.1 Å². The number of thioether (sulfide) groups is 1. The molecule has 0 aliphatic heterocycles. The van der Waals surface area contributed by atoms with Crippen LogP contribution in [0.3, 0.4) is 0 Å². The van der Waals surface area contributed by atoms with Crippen LogP contribution in [0.15, 0.2) is 42.5 Å². The number of hydrogen-bond donors (Lipinski definition) is 3. The number of hydrogen-bond acceptors (Lipinski definition) is 5. The van der Waals surface area contributed by atoms with Gasteiger partial charge < -0.3 is 14.8 Å². The third-order valence-electron chi connectivity index (χ3n) is 3.37. The Balaban J connectivity index is 1.71. The van der Waals surface area contributed by atoms with Gasteiger partial charge in [0.25, 0.3) is 0 Å². The Labute approximate surface area is 166 Å². The largest absolute Gasteiger partial charge is 0.493 e. The highest BCUT2D eigenvalue weighted by molar-refractivity contribution is 7.99. The van der Waals surface area contributed by atoms with E-state index in [1.807, 2.05) is 0 Å². The Morgan fingerprint density at radius 2 is 1.78 bits per heavy atom. The summed E-state index contributed by atoms with van der Waals surface area (Å²) >= 11 is 6.56. The average Bonchev–Trinajstić information content (AvgIpc) is 2.67. The van der Waals surface area contributed by atoms with Crippen LogP contribution in [0.1, 0.15) is 5.56 Å². The number of methoxy groups -OCH3 is 2. The molecule has 0 bridgehead atoms. The number of rotatable bonds is 7. The van der Waals surface area contributed by atoms with E-state index in [4.69, 9.17) is 21.7 Å². The number of hydrazine groups is 1. The normalized spacial score (nSPS) is 10.0. The van der Waals surface area contributed by atoms with Crippen LogP contribution in [0, 0.1) is 5.82 Å². The number of benzene rings is 2. The molecule has 0 saturated heterocycles. The maximum Gasteiger partial charge on any atom is 0.248 e. The predicted molar refractivity (Wildman–Crippen MR) is 110 cm³/mol. The van der Waals surface area contributed by atoms with Gasteiger partial charge in [-0.05, 0) is 42.0 Å². The van der Waals surface area contributed by atoms with Crippen molar-refractivity contribution in [2.24, 2.45) is 0 Å². The molecule has 2 aromatic carbocycles. The Bertz CT molecular complexity index is 788. The number of nitrogens with one attached hydrogen (secondary N) is 3. The van der Waals surface area contributed by atoms with Gasteiger partial charge in [0, 0.05) is 17.5 Å². The number of thiocarbonyl (C=S) groups is 1. The van der Waals surface area contributed by atoms with Crippen molar-refractivity contribution in [2.75, 3.05) is 25.3 Å². The Hall–Kier alpha value is -2.52.